The van der Waals surface area contributed by atoms with Crippen molar-refractivity contribution in [1.82, 2.24) is 0 Å². The zero-order chi connectivity index (χ0) is 14.0. The highest BCUT2D eigenvalue weighted by Gasteiger charge is 2.35. The fourth-order valence-electron chi connectivity index (χ4n) is 2.58. The Labute approximate surface area is 116 Å². The molecule has 1 unspecified atom stereocenters. The number of benzene rings is 1. The molecule has 19 heavy (non-hydrogen) atoms. The summed E-state index contributed by atoms with van der Waals surface area (Å²) in [5.41, 5.74) is 0.218. The molecule has 0 saturated carbocycles. The number of piperidine rings is 1. The van der Waals surface area contributed by atoms with Crippen LogP contribution in [0.25, 0.3) is 0 Å². The maximum atomic E-state index is 13.1. The summed E-state index contributed by atoms with van der Waals surface area (Å²) in [5, 5.41) is 0. The Kier molecular flexibility index (Phi) is 4.29. The predicted molar refractivity (Wildman–Crippen MR) is 71.6 cm³/mol. The molecule has 0 radical (unpaired) electrons. The van der Waals surface area contributed by atoms with E-state index in [4.69, 9.17) is 11.6 Å². The lowest BCUT2D eigenvalue weighted by molar-refractivity contribution is -0.137. The lowest BCUT2D eigenvalue weighted by atomic mass is 9.98. The van der Waals surface area contributed by atoms with E-state index in [0.29, 0.717) is 24.6 Å². The quantitative estimate of drug-likeness (QED) is 0.715. The Morgan fingerprint density at radius 3 is 2.68 bits per heavy atom. The van der Waals surface area contributed by atoms with E-state index >= 15 is 0 Å². The van der Waals surface area contributed by atoms with Crippen LogP contribution in [0.4, 0.5) is 18.9 Å². The van der Waals surface area contributed by atoms with Crippen molar-refractivity contribution in [1.29, 1.82) is 0 Å². The average Bonchev–Trinajstić information content (AvgIpc) is 2.37. The highest BCUT2D eigenvalue weighted by atomic mass is 35.5. The Balaban J connectivity index is 2.38. The van der Waals surface area contributed by atoms with Gasteiger partial charge >= 0.3 is 6.18 Å². The van der Waals surface area contributed by atoms with Crippen LogP contribution in [0.5, 0.6) is 0 Å². The lowest BCUT2D eigenvalue weighted by Gasteiger charge is -2.34. The van der Waals surface area contributed by atoms with E-state index in [1.165, 1.54) is 6.07 Å². The fraction of sp³-hybridized carbons (Fsp3) is 0.571. The topological polar surface area (TPSA) is 3.24 Å². The second-order valence-electron chi connectivity index (χ2n) is 5.18. The maximum absolute atomic E-state index is 13.1. The number of nitrogens with zero attached hydrogens (tertiary/aromatic N) is 1. The molecule has 1 heterocycles. The van der Waals surface area contributed by atoms with Gasteiger partial charge in [-0.2, -0.15) is 13.2 Å². The Bertz CT molecular complexity index is 445. The van der Waals surface area contributed by atoms with Gasteiger partial charge < -0.3 is 4.90 Å². The first-order valence-electron chi connectivity index (χ1n) is 6.43. The van der Waals surface area contributed by atoms with Crippen LogP contribution in [0.1, 0.15) is 30.9 Å². The molecule has 2 rings (SSSR count). The van der Waals surface area contributed by atoms with Crippen LogP contribution in [0.2, 0.25) is 0 Å². The molecule has 0 N–H and O–H groups in total. The molecule has 1 aromatic rings. The second-order valence-corrected chi connectivity index (χ2v) is 5.44. The summed E-state index contributed by atoms with van der Waals surface area (Å²) in [6.45, 7) is 3.45. The highest BCUT2D eigenvalue weighted by Crippen LogP contribution is 2.38. The number of alkyl halides is 4. The zero-order valence-corrected chi connectivity index (χ0v) is 11.6. The average molecular weight is 292 g/mol. The summed E-state index contributed by atoms with van der Waals surface area (Å²) >= 11 is 5.63. The number of halogens is 4. The summed E-state index contributed by atoms with van der Waals surface area (Å²) in [5.74, 6) is 0.530. The minimum Gasteiger partial charge on any atom is -0.371 e. The molecule has 1 aromatic carbocycles. The zero-order valence-electron chi connectivity index (χ0n) is 10.8. The van der Waals surface area contributed by atoms with E-state index in [9.17, 15) is 13.2 Å². The lowest BCUT2D eigenvalue weighted by Crippen LogP contribution is -2.35. The van der Waals surface area contributed by atoms with Gasteiger partial charge in [0.25, 0.3) is 0 Å². The molecule has 0 aliphatic carbocycles. The van der Waals surface area contributed by atoms with Crippen LogP contribution in [-0.4, -0.2) is 13.1 Å². The first kappa shape index (κ1) is 14.5. The Morgan fingerprint density at radius 2 is 2.11 bits per heavy atom. The first-order chi connectivity index (χ1) is 8.91. The molecule has 1 aliphatic rings. The van der Waals surface area contributed by atoms with Gasteiger partial charge in [0.1, 0.15) is 0 Å². The summed E-state index contributed by atoms with van der Waals surface area (Å²) in [4.78, 5) is 1.84. The molecule has 1 atom stereocenters. The minimum atomic E-state index is -4.34. The normalized spacial score (nSPS) is 20.7. The Morgan fingerprint density at radius 1 is 1.37 bits per heavy atom. The molecule has 5 heteroatoms. The van der Waals surface area contributed by atoms with Crippen LogP contribution < -0.4 is 4.90 Å². The number of anilines is 1. The summed E-state index contributed by atoms with van der Waals surface area (Å²) in [7, 11) is 0. The van der Waals surface area contributed by atoms with Gasteiger partial charge in [-0.05, 0) is 36.5 Å². The van der Waals surface area contributed by atoms with E-state index in [0.717, 1.165) is 12.8 Å². The predicted octanol–water partition coefficient (Wildman–Crippen LogP) is 4.68. The molecule has 0 aromatic heterocycles. The first-order valence-corrected chi connectivity index (χ1v) is 6.96. The van der Waals surface area contributed by atoms with Gasteiger partial charge in [0.05, 0.1) is 5.56 Å². The van der Waals surface area contributed by atoms with Crippen molar-refractivity contribution in [3.05, 3.63) is 29.3 Å². The Hall–Kier alpha value is -0.900. The van der Waals surface area contributed by atoms with Crippen LogP contribution in [-0.2, 0) is 12.1 Å². The van der Waals surface area contributed by atoms with Crippen molar-refractivity contribution < 1.29 is 13.2 Å². The SMILES string of the molecule is CC1CCCN(c2ccc(CCl)cc2C(F)(F)F)C1. The molecule has 0 bridgehead atoms. The van der Waals surface area contributed by atoms with E-state index in [-0.39, 0.29) is 11.6 Å². The minimum absolute atomic E-state index is 0.0970. The van der Waals surface area contributed by atoms with Gasteiger partial charge in [-0.25, -0.2) is 0 Å². The molecule has 1 nitrogen and oxygen atoms in total. The van der Waals surface area contributed by atoms with Crippen LogP contribution >= 0.6 is 11.6 Å². The largest absolute Gasteiger partial charge is 0.418 e. The van der Waals surface area contributed by atoms with Crippen molar-refractivity contribution in [3.63, 3.8) is 0 Å². The van der Waals surface area contributed by atoms with Gasteiger partial charge in [-0.15, -0.1) is 11.6 Å². The van der Waals surface area contributed by atoms with Gasteiger partial charge in [0.2, 0.25) is 0 Å². The van der Waals surface area contributed by atoms with Crippen molar-refractivity contribution in [2.75, 3.05) is 18.0 Å². The molecule has 1 fully saturated rings. The maximum Gasteiger partial charge on any atom is 0.418 e. The smallest absolute Gasteiger partial charge is 0.371 e. The molecule has 0 amide bonds. The van der Waals surface area contributed by atoms with Gasteiger partial charge in [0.15, 0.2) is 0 Å². The molecule has 106 valence electrons. The molecule has 0 spiro atoms. The number of rotatable bonds is 2. The van der Waals surface area contributed by atoms with E-state index in [2.05, 4.69) is 6.92 Å². The molecular weight excluding hydrogens is 275 g/mol. The molecule has 1 saturated heterocycles. The van der Waals surface area contributed by atoms with Crippen LogP contribution in [0.3, 0.4) is 0 Å². The summed E-state index contributed by atoms with van der Waals surface area (Å²) in [6.07, 6.45) is -2.31. The summed E-state index contributed by atoms with van der Waals surface area (Å²) < 4.78 is 39.4. The number of hydrogen-bond donors (Lipinski definition) is 0. The highest BCUT2D eigenvalue weighted by molar-refractivity contribution is 6.17. The summed E-state index contributed by atoms with van der Waals surface area (Å²) in [6, 6.07) is 4.40. The monoisotopic (exact) mass is 291 g/mol. The van der Waals surface area contributed by atoms with Crippen LogP contribution in [0, 0.1) is 5.92 Å². The van der Waals surface area contributed by atoms with Crippen molar-refractivity contribution in [2.45, 2.75) is 31.8 Å². The third kappa shape index (κ3) is 3.35. The van der Waals surface area contributed by atoms with Gasteiger partial charge in [-0.3, -0.25) is 0 Å². The van der Waals surface area contributed by atoms with Gasteiger partial charge in [-0.1, -0.05) is 13.0 Å². The standard InChI is InChI=1S/C14H17ClF3N/c1-10-3-2-6-19(9-10)13-5-4-11(8-15)7-12(13)14(16,17)18/h4-5,7,10H,2-3,6,8-9H2,1H3. The van der Waals surface area contributed by atoms with E-state index < -0.39 is 11.7 Å². The second kappa shape index (κ2) is 5.61. The fourth-order valence-corrected chi connectivity index (χ4v) is 2.74. The molecular formula is C14H17ClF3N. The van der Waals surface area contributed by atoms with E-state index in [1.54, 1.807) is 12.1 Å². The van der Waals surface area contributed by atoms with E-state index in [1.807, 2.05) is 4.90 Å². The molecule has 1 aliphatic heterocycles. The van der Waals surface area contributed by atoms with Crippen LogP contribution in [0.15, 0.2) is 18.2 Å². The third-order valence-electron chi connectivity index (χ3n) is 3.52. The van der Waals surface area contributed by atoms with Crippen molar-refractivity contribution in [2.24, 2.45) is 5.92 Å². The van der Waals surface area contributed by atoms with Gasteiger partial charge in [0, 0.05) is 24.7 Å². The number of hydrogen-bond acceptors (Lipinski definition) is 1. The third-order valence-corrected chi connectivity index (χ3v) is 3.83. The van der Waals surface area contributed by atoms with Crippen molar-refractivity contribution >= 4 is 17.3 Å². The van der Waals surface area contributed by atoms with Crippen molar-refractivity contribution in [3.8, 4) is 0 Å².